The Morgan fingerprint density at radius 1 is 1.50 bits per heavy atom. The molecule has 0 fully saturated rings. The molecule has 1 aromatic rings. The van der Waals surface area contributed by atoms with E-state index in [0.717, 1.165) is 24.1 Å². The first kappa shape index (κ1) is 9.06. The molecular formula is C11H13NO2. The third-order valence-corrected chi connectivity index (χ3v) is 2.43. The van der Waals surface area contributed by atoms with Crippen LogP contribution in [0.1, 0.15) is 18.9 Å². The quantitative estimate of drug-likeness (QED) is 0.740. The van der Waals surface area contributed by atoms with Crippen LogP contribution in [0.3, 0.4) is 0 Å². The van der Waals surface area contributed by atoms with E-state index in [4.69, 9.17) is 4.74 Å². The van der Waals surface area contributed by atoms with Crippen LogP contribution < -0.4 is 5.32 Å². The van der Waals surface area contributed by atoms with E-state index < -0.39 is 0 Å². The summed E-state index contributed by atoms with van der Waals surface area (Å²) in [6, 6.07) is 7.80. The van der Waals surface area contributed by atoms with Crippen molar-refractivity contribution in [2.24, 2.45) is 0 Å². The summed E-state index contributed by atoms with van der Waals surface area (Å²) in [4.78, 5) is 11.3. The summed E-state index contributed by atoms with van der Waals surface area (Å²) in [6.45, 7) is 2.02. The van der Waals surface area contributed by atoms with Crippen LogP contribution >= 0.6 is 0 Å². The lowest BCUT2D eigenvalue weighted by Crippen LogP contribution is -2.19. The summed E-state index contributed by atoms with van der Waals surface area (Å²) < 4.78 is 5.19. The number of hydrogen-bond acceptors (Lipinski definition) is 2. The van der Waals surface area contributed by atoms with Gasteiger partial charge in [0.25, 0.3) is 0 Å². The summed E-state index contributed by atoms with van der Waals surface area (Å²) in [5.41, 5.74) is 2.01. The lowest BCUT2D eigenvalue weighted by Gasteiger charge is -2.11. The second-order valence-electron chi connectivity index (χ2n) is 3.42. The molecule has 3 nitrogen and oxygen atoms in total. The maximum atomic E-state index is 11.3. The van der Waals surface area contributed by atoms with Crippen molar-refractivity contribution in [1.29, 1.82) is 0 Å². The van der Waals surface area contributed by atoms with E-state index in [1.807, 2.05) is 31.2 Å². The van der Waals surface area contributed by atoms with Crippen molar-refractivity contribution < 1.29 is 9.53 Å². The number of fused-ring (bicyclic) bond motifs is 1. The number of hydrogen-bond donors (Lipinski definition) is 1. The predicted molar refractivity (Wildman–Crippen MR) is 54.3 cm³/mol. The normalized spacial score (nSPS) is 20.4. The highest BCUT2D eigenvalue weighted by Crippen LogP contribution is 2.22. The van der Waals surface area contributed by atoms with Gasteiger partial charge in [0.05, 0.1) is 0 Å². The Balaban J connectivity index is 2.32. The molecule has 1 N–H and O–H groups in total. The van der Waals surface area contributed by atoms with E-state index in [1.165, 1.54) is 0 Å². The molecule has 0 saturated heterocycles. The van der Waals surface area contributed by atoms with Crippen molar-refractivity contribution in [3.63, 3.8) is 0 Å². The van der Waals surface area contributed by atoms with E-state index in [0.29, 0.717) is 0 Å². The molecule has 0 aromatic heterocycles. The monoisotopic (exact) mass is 191 g/mol. The lowest BCUT2D eigenvalue weighted by molar-refractivity contribution is 0.111. The predicted octanol–water partition coefficient (Wildman–Crippen LogP) is 2.57. The average Bonchev–Trinajstić information content (AvgIpc) is 2.35. The van der Waals surface area contributed by atoms with Crippen molar-refractivity contribution in [3.05, 3.63) is 29.8 Å². The minimum Gasteiger partial charge on any atom is -0.446 e. The van der Waals surface area contributed by atoms with Crippen LogP contribution in [-0.4, -0.2) is 12.2 Å². The topological polar surface area (TPSA) is 38.3 Å². The first-order valence-electron chi connectivity index (χ1n) is 4.85. The number of carbonyl (C=O) groups is 1. The van der Waals surface area contributed by atoms with Gasteiger partial charge in [-0.2, -0.15) is 0 Å². The fourth-order valence-corrected chi connectivity index (χ4v) is 1.63. The van der Waals surface area contributed by atoms with Crippen LogP contribution in [0, 0.1) is 0 Å². The Hall–Kier alpha value is -1.51. The number of benzene rings is 1. The van der Waals surface area contributed by atoms with Gasteiger partial charge in [0, 0.05) is 12.1 Å². The zero-order valence-corrected chi connectivity index (χ0v) is 8.12. The summed E-state index contributed by atoms with van der Waals surface area (Å²) in [6.07, 6.45) is 1.30. The number of cyclic esters (lactones) is 1. The van der Waals surface area contributed by atoms with Crippen LogP contribution in [0.25, 0.3) is 0 Å². The number of carbonyl (C=O) groups excluding carboxylic acids is 1. The minimum absolute atomic E-state index is 0.00125. The molecule has 3 heteroatoms. The standard InChI is InChI=1S/C11H13NO2/c1-2-9-7-8-5-3-4-6-10(8)12-11(13)14-9/h3-6,9H,2,7H2,1H3,(H,12,13). The molecule has 14 heavy (non-hydrogen) atoms. The second-order valence-corrected chi connectivity index (χ2v) is 3.42. The molecule has 0 aliphatic carbocycles. The van der Waals surface area contributed by atoms with E-state index in [2.05, 4.69) is 5.32 Å². The second kappa shape index (κ2) is 3.70. The van der Waals surface area contributed by atoms with Crippen LogP contribution in [0.5, 0.6) is 0 Å². The Kier molecular flexibility index (Phi) is 2.39. The molecular weight excluding hydrogens is 178 g/mol. The van der Waals surface area contributed by atoms with E-state index in [9.17, 15) is 4.79 Å². The maximum Gasteiger partial charge on any atom is 0.411 e. The van der Waals surface area contributed by atoms with Crippen molar-refractivity contribution >= 4 is 11.8 Å². The molecule has 1 unspecified atom stereocenters. The van der Waals surface area contributed by atoms with Crippen LogP contribution in [0.4, 0.5) is 10.5 Å². The molecule has 0 bridgehead atoms. The third kappa shape index (κ3) is 1.71. The van der Waals surface area contributed by atoms with Crippen molar-refractivity contribution in [2.45, 2.75) is 25.9 Å². The summed E-state index contributed by atoms with van der Waals surface area (Å²) in [7, 11) is 0. The number of amides is 1. The molecule has 1 aromatic carbocycles. The molecule has 1 heterocycles. The average molecular weight is 191 g/mol. The summed E-state index contributed by atoms with van der Waals surface area (Å²) in [5, 5.41) is 2.73. The van der Waals surface area contributed by atoms with Gasteiger partial charge < -0.3 is 4.74 Å². The third-order valence-electron chi connectivity index (χ3n) is 2.43. The molecule has 0 radical (unpaired) electrons. The molecule has 0 saturated carbocycles. The fourth-order valence-electron chi connectivity index (χ4n) is 1.63. The lowest BCUT2D eigenvalue weighted by atomic mass is 10.0. The highest BCUT2D eigenvalue weighted by Gasteiger charge is 2.19. The van der Waals surface area contributed by atoms with Crippen LogP contribution in [0.15, 0.2) is 24.3 Å². The number of ether oxygens (including phenoxy) is 1. The van der Waals surface area contributed by atoms with E-state index in [1.54, 1.807) is 0 Å². The molecule has 1 aliphatic rings. The van der Waals surface area contributed by atoms with Gasteiger partial charge in [0.2, 0.25) is 0 Å². The highest BCUT2D eigenvalue weighted by molar-refractivity contribution is 5.86. The first-order chi connectivity index (χ1) is 6.79. The van der Waals surface area contributed by atoms with Gasteiger partial charge in [0.15, 0.2) is 0 Å². The van der Waals surface area contributed by atoms with Gasteiger partial charge in [-0.25, -0.2) is 4.79 Å². The number of para-hydroxylation sites is 1. The summed E-state index contributed by atoms with van der Waals surface area (Å²) in [5.74, 6) is 0. The minimum atomic E-state index is -0.346. The van der Waals surface area contributed by atoms with Gasteiger partial charge in [-0.15, -0.1) is 0 Å². The molecule has 2 rings (SSSR count). The number of anilines is 1. The van der Waals surface area contributed by atoms with E-state index >= 15 is 0 Å². The Labute approximate surface area is 83.1 Å². The fraction of sp³-hybridized carbons (Fsp3) is 0.364. The highest BCUT2D eigenvalue weighted by atomic mass is 16.6. The van der Waals surface area contributed by atoms with Gasteiger partial charge in [0.1, 0.15) is 6.10 Å². The van der Waals surface area contributed by atoms with Gasteiger partial charge in [-0.1, -0.05) is 25.1 Å². The molecule has 1 aliphatic heterocycles. The Morgan fingerprint density at radius 3 is 3.07 bits per heavy atom. The number of nitrogens with one attached hydrogen (secondary N) is 1. The summed E-state index contributed by atoms with van der Waals surface area (Å²) >= 11 is 0. The van der Waals surface area contributed by atoms with Gasteiger partial charge in [-0.3, -0.25) is 5.32 Å². The molecule has 74 valence electrons. The zero-order chi connectivity index (χ0) is 9.97. The molecule has 1 amide bonds. The Bertz CT molecular complexity index is 349. The van der Waals surface area contributed by atoms with E-state index in [-0.39, 0.29) is 12.2 Å². The largest absolute Gasteiger partial charge is 0.446 e. The van der Waals surface area contributed by atoms with Gasteiger partial charge >= 0.3 is 6.09 Å². The van der Waals surface area contributed by atoms with Crippen molar-refractivity contribution in [1.82, 2.24) is 0 Å². The smallest absolute Gasteiger partial charge is 0.411 e. The molecule has 1 atom stereocenters. The first-order valence-corrected chi connectivity index (χ1v) is 4.85. The SMILES string of the molecule is CCC1Cc2ccccc2NC(=O)O1. The Morgan fingerprint density at radius 2 is 2.29 bits per heavy atom. The van der Waals surface area contributed by atoms with Crippen LogP contribution in [-0.2, 0) is 11.2 Å². The van der Waals surface area contributed by atoms with Crippen LogP contribution in [0.2, 0.25) is 0 Å². The maximum absolute atomic E-state index is 11.3. The van der Waals surface area contributed by atoms with Crippen molar-refractivity contribution in [2.75, 3.05) is 5.32 Å². The van der Waals surface area contributed by atoms with Gasteiger partial charge in [-0.05, 0) is 18.1 Å². The number of rotatable bonds is 1. The van der Waals surface area contributed by atoms with Crippen molar-refractivity contribution in [3.8, 4) is 0 Å². The zero-order valence-electron chi connectivity index (χ0n) is 8.12. The molecule has 0 spiro atoms.